The van der Waals surface area contributed by atoms with Gasteiger partial charge >= 0.3 is 0 Å². The zero-order chi connectivity index (χ0) is 10.6. The lowest BCUT2D eigenvalue weighted by atomic mass is 10.2. The van der Waals surface area contributed by atoms with Crippen LogP contribution in [0.1, 0.15) is 5.56 Å². The van der Waals surface area contributed by atoms with E-state index in [4.69, 9.17) is 26.2 Å². The highest BCUT2D eigenvalue weighted by atomic mass is 79.9. The standard InChI is InChI=1S/C9H10BrClO3/c1-13-5-14-6-2-8(10)7(4-12)9(11)3-6/h2-3,12H,4-5H2,1H3. The van der Waals surface area contributed by atoms with Crippen molar-refractivity contribution in [2.24, 2.45) is 0 Å². The Bertz CT molecular complexity index is 294. The van der Waals surface area contributed by atoms with Gasteiger partial charge in [-0.1, -0.05) is 27.5 Å². The molecule has 3 nitrogen and oxygen atoms in total. The zero-order valence-electron chi connectivity index (χ0n) is 7.59. The lowest BCUT2D eigenvalue weighted by molar-refractivity contribution is 0.0510. The fourth-order valence-corrected chi connectivity index (χ4v) is 1.89. The van der Waals surface area contributed by atoms with Crippen LogP contribution in [0.5, 0.6) is 5.75 Å². The van der Waals surface area contributed by atoms with E-state index in [9.17, 15) is 0 Å². The Morgan fingerprint density at radius 3 is 2.71 bits per heavy atom. The Kier molecular flexibility index (Phi) is 4.68. The number of aliphatic hydroxyl groups is 1. The monoisotopic (exact) mass is 280 g/mol. The molecule has 14 heavy (non-hydrogen) atoms. The SMILES string of the molecule is COCOc1cc(Cl)c(CO)c(Br)c1. The summed E-state index contributed by atoms with van der Waals surface area (Å²) in [6, 6.07) is 3.37. The van der Waals surface area contributed by atoms with Crippen molar-refractivity contribution in [3.63, 3.8) is 0 Å². The molecule has 78 valence electrons. The average Bonchev–Trinajstić information content (AvgIpc) is 2.14. The number of hydrogen-bond donors (Lipinski definition) is 1. The van der Waals surface area contributed by atoms with E-state index in [-0.39, 0.29) is 13.4 Å². The fraction of sp³-hybridized carbons (Fsp3) is 0.333. The van der Waals surface area contributed by atoms with E-state index in [1.165, 1.54) is 0 Å². The number of methoxy groups -OCH3 is 1. The van der Waals surface area contributed by atoms with Gasteiger partial charge in [0.25, 0.3) is 0 Å². The summed E-state index contributed by atoms with van der Waals surface area (Å²) in [5, 5.41) is 9.45. The maximum Gasteiger partial charge on any atom is 0.188 e. The van der Waals surface area contributed by atoms with Crippen LogP contribution in [0.25, 0.3) is 0 Å². The normalized spacial score (nSPS) is 10.3. The van der Waals surface area contributed by atoms with Gasteiger partial charge < -0.3 is 14.6 Å². The molecule has 0 radical (unpaired) electrons. The molecule has 0 bridgehead atoms. The van der Waals surface area contributed by atoms with Gasteiger partial charge in [0.1, 0.15) is 5.75 Å². The number of ether oxygens (including phenoxy) is 2. The first-order valence-electron chi connectivity index (χ1n) is 3.89. The predicted octanol–water partition coefficient (Wildman–Crippen LogP) is 2.58. The summed E-state index contributed by atoms with van der Waals surface area (Å²) in [5.74, 6) is 0.598. The van der Waals surface area contributed by atoms with Gasteiger partial charge in [-0.3, -0.25) is 0 Å². The molecule has 0 aliphatic heterocycles. The van der Waals surface area contributed by atoms with Crippen LogP contribution >= 0.6 is 27.5 Å². The van der Waals surface area contributed by atoms with Crippen LogP contribution in [0.15, 0.2) is 16.6 Å². The number of hydrogen-bond acceptors (Lipinski definition) is 3. The van der Waals surface area contributed by atoms with E-state index >= 15 is 0 Å². The minimum atomic E-state index is -0.107. The van der Waals surface area contributed by atoms with Gasteiger partial charge in [-0.05, 0) is 12.1 Å². The van der Waals surface area contributed by atoms with E-state index in [1.54, 1.807) is 19.2 Å². The molecule has 1 aromatic carbocycles. The first kappa shape index (κ1) is 11.8. The highest BCUT2D eigenvalue weighted by Gasteiger charge is 2.07. The van der Waals surface area contributed by atoms with Crippen LogP contribution in [0.4, 0.5) is 0 Å². The molecule has 0 unspecified atom stereocenters. The molecule has 0 amide bonds. The Morgan fingerprint density at radius 1 is 1.50 bits per heavy atom. The van der Waals surface area contributed by atoms with Gasteiger partial charge in [-0.15, -0.1) is 0 Å². The second kappa shape index (κ2) is 5.56. The van der Waals surface area contributed by atoms with Gasteiger partial charge in [0.05, 0.1) is 11.6 Å². The molecular weight excluding hydrogens is 271 g/mol. The Morgan fingerprint density at radius 2 is 2.21 bits per heavy atom. The molecule has 0 spiro atoms. The van der Waals surface area contributed by atoms with Crippen molar-refractivity contribution in [2.45, 2.75) is 6.61 Å². The van der Waals surface area contributed by atoms with Crippen molar-refractivity contribution in [1.29, 1.82) is 0 Å². The molecule has 1 rings (SSSR count). The number of aliphatic hydroxyl groups excluding tert-OH is 1. The van der Waals surface area contributed by atoms with Crippen molar-refractivity contribution < 1.29 is 14.6 Å². The lowest BCUT2D eigenvalue weighted by Crippen LogP contribution is -1.99. The van der Waals surface area contributed by atoms with Crippen LogP contribution < -0.4 is 4.74 Å². The minimum absolute atomic E-state index is 0.107. The van der Waals surface area contributed by atoms with E-state index < -0.39 is 0 Å². The molecule has 1 N–H and O–H groups in total. The van der Waals surface area contributed by atoms with E-state index in [0.29, 0.717) is 16.3 Å². The summed E-state index contributed by atoms with van der Waals surface area (Å²) in [7, 11) is 1.54. The predicted molar refractivity (Wildman–Crippen MR) is 57.6 cm³/mol. The Balaban J connectivity index is 2.90. The summed E-state index contributed by atoms with van der Waals surface area (Å²) in [5.41, 5.74) is 0.649. The van der Waals surface area contributed by atoms with Gasteiger partial charge in [0.2, 0.25) is 0 Å². The molecule has 0 saturated carbocycles. The quantitative estimate of drug-likeness (QED) is 0.862. The molecule has 0 heterocycles. The molecule has 0 saturated heterocycles. The lowest BCUT2D eigenvalue weighted by Gasteiger charge is -2.09. The molecule has 0 aliphatic rings. The third-order valence-electron chi connectivity index (χ3n) is 1.62. The van der Waals surface area contributed by atoms with Crippen molar-refractivity contribution >= 4 is 27.5 Å². The van der Waals surface area contributed by atoms with Crippen LogP contribution in [0, 0.1) is 0 Å². The maximum absolute atomic E-state index is 8.99. The van der Waals surface area contributed by atoms with E-state index in [1.807, 2.05) is 0 Å². The summed E-state index contributed by atoms with van der Waals surface area (Å²) >= 11 is 9.19. The number of rotatable bonds is 4. The molecule has 5 heteroatoms. The van der Waals surface area contributed by atoms with Crippen molar-refractivity contribution in [3.8, 4) is 5.75 Å². The zero-order valence-corrected chi connectivity index (χ0v) is 9.93. The second-order valence-corrected chi connectivity index (χ2v) is 3.84. The fourth-order valence-electron chi connectivity index (χ4n) is 0.941. The van der Waals surface area contributed by atoms with Crippen molar-refractivity contribution in [2.75, 3.05) is 13.9 Å². The van der Waals surface area contributed by atoms with Crippen LogP contribution in [-0.2, 0) is 11.3 Å². The molecule has 0 aliphatic carbocycles. The highest BCUT2D eigenvalue weighted by molar-refractivity contribution is 9.10. The molecule has 0 aromatic heterocycles. The van der Waals surface area contributed by atoms with Crippen molar-refractivity contribution in [3.05, 3.63) is 27.2 Å². The van der Waals surface area contributed by atoms with Crippen LogP contribution in [-0.4, -0.2) is 19.0 Å². The second-order valence-electron chi connectivity index (χ2n) is 2.57. The van der Waals surface area contributed by atoms with Crippen molar-refractivity contribution in [1.82, 2.24) is 0 Å². The summed E-state index contributed by atoms with van der Waals surface area (Å²) in [6.45, 7) is 0.0607. The number of halogens is 2. The third kappa shape index (κ3) is 2.85. The first-order chi connectivity index (χ1) is 6.69. The van der Waals surface area contributed by atoms with Gasteiger partial charge in [-0.2, -0.15) is 0 Å². The summed E-state index contributed by atoms with van der Waals surface area (Å²) in [4.78, 5) is 0. The van der Waals surface area contributed by atoms with Gasteiger partial charge in [0.15, 0.2) is 6.79 Å². The smallest absolute Gasteiger partial charge is 0.188 e. The summed E-state index contributed by atoms with van der Waals surface area (Å²) in [6.07, 6.45) is 0. The van der Waals surface area contributed by atoms with E-state index in [2.05, 4.69) is 15.9 Å². The largest absolute Gasteiger partial charge is 0.467 e. The molecular formula is C9H10BrClO3. The minimum Gasteiger partial charge on any atom is -0.467 e. The number of benzene rings is 1. The van der Waals surface area contributed by atoms with Gasteiger partial charge in [-0.25, -0.2) is 0 Å². The molecule has 0 fully saturated rings. The maximum atomic E-state index is 8.99. The first-order valence-corrected chi connectivity index (χ1v) is 5.06. The Labute approximate surface area is 95.7 Å². The van der Waals surface area contributed by atoms with Gasteiger partial charge in [0, 0.05) is 17.1 Å². The van der Waals surface area contributed by atoms with E-state index in [0.717, 1.165) is 4.47 Å². The Hall–Kier alpha value is -0.290. The average molecular weight is 282 g/mol. The highest BCUT2D eigenvalue weighted by Crippen LogP contribution is 2.30. The molecule has 0 atom stereocenters. The van der Waals surface area contributed by atoms with Crippen LogP contribution in [0.2, 0.25) is 5.02 Å². The topological polar surface area (TPSA) is 38.7 Å². The summed E-state index contributed by atoms with van der Waals surface area (Å²) < 4.78 is 10.7. The molecule has 1 aromatic rings. The third-order valence-corrected chi connectivity index (χ3v) is 2.66. The van der Waals surface area contributed by atoms with Crippen LogP contribution in [0.3, 0.4) is 0 Å².